The smallest absolute Gasteiger partial charge is 0.305 e. The maximum Gasteiger partial charge on any atom is 0.305 e. The van der Waals surface area contributed by atoms with E-state index in [1.807, 2.05) is 0 Å². The largest absolute Gasteiger partial charge is 0.495 e. The number of thiophene rings is 1. The fourth-order valence-corrected chi connectivity index (χ4v) is 3.25. The number of hydrogen-bond donors (Lipinski definition) is 1. The fraction of sp³-hybridized carbons (Fsp3) is 0.538. The van der Waals surface area contributed by atoms with Crippen LogP contribution in [0.5, 0.6) is 5.75 Å². The van der Waals surface area contributed by atoms with Crippen LogP contribution in [0.4, 0.5) is 0 Å². The lowest BCUT2D eigenvalue weighted by Crippen LogP contribution is -2.37. The second-order valence-electron chi connectivity index (χ2n) is 4.62. The van der Waals surface area contributed by atoms with Crippen LogP contribution in [0.2, 0.25) is 0 Å². The molecule has 0 radical (unpaired) electrons. The second-order valence-corrected chi connectivity index (χ2v) is 5.54. The van der Waals surface area contributed by atoms with Crippen molar-refractivity contribution in [2.45, 2.75) is 25.0 Å². The number of ether oxygens (including phenoxy) is 2. The van der Waals surface area contributed by atoms with E-state index in [4.69, 9.17) is 14.6 Å². The molecule has 20 heavy (non-hydrogen) atoms. The third-order valence-electron chi connectivity index (χ3n) is 3.42. The van der Waals surface area contributed by atoms with Crippen LogP contribution in [0.25, 0.3) is 0 Å². The van der Waals surface area contributed by atoms with Crippen molar-refractivity contribution in [2.24, 2.45) is 0 Å². The number of likely N-dealkylation sites (tertiary alicyclic amines) is 1. The molecule has 0 aliphatic carbocycles. The third-order valence-corrected chi connectivity index (χ3v) is 4.31. The standard InChI is InChI=1S/C13H17NO5S/c1-18-9-5-8(6-11(15)16)14(7-9)13(17)12-10(19-2)3-4-20-12/h3-4,8-9H,5-7H2,1-2H3,(H,15,16)/t8-,9-/m1/s1. The molecule has 1 aromatic rings. The van der Waals surface area contributed by atoms with Crippen molar-refractivity contribution in [3.63, 3.8) is 0 Å². The van der Waals surface area contributed by atoms with E-state index in [2.05, 4.69) is 0 Å². The molecule has 2 heterocycles. The lowest BCUT2D eigenvalue weighted by Gasteiger charge is -2.22. The summed E-state index contributed by atoms with van der Waals surface area (Å²) in [4.78, 5) is 25.6. The molecule has 0 unspecified atom stereocenters. The number of nitrogens with zero attached hydrogens (tertiary/aromatic N) is 1. The minimum Gasteiger partial charge on any atom is -0.495 e. The first-order valence-electron chi connectivity index (χ1n) is 6.23. The van der Waals surface area contributed by atoms with E-state index >= 15 is 0 Å². The van der Waals surface area contributed by atoms with E-state index in [0.717, 1.165) is 0 Å². The second kappa shape index (κ2) is 6.23. The monoisotopic (exact) mass is 299 g/mol. The number of carbonyl (C=O) groups is 2. The van der Waals surface area contributed by atoms with Crippen LogP contribution < -0.4 is 4.74 Å². The van der Waals surface area contributed by atoms with Crippen molar-refractivity contribution in [1.82, 2.24) is 4.90 Å². The molecule has 7 heteroatoms. The fourth-order valence-electron chi connectivity index (χ4n) is 2.43. The van der Waals surface area contributed by atoms with Gasteiger partial charge in [-0.3, -0.25) is 9.59 Å². The minimum atomic E-state index is -0.914. The molecule has 0 aromatic carbocycles. The molecule has 2 atom stereocenters. The van der Waals surface area contributed by atoms with Crippen molar-refractivity contribution in [1.29, 1.82) is 0 Å². The summed E-state index contributed by atoms with van der Waals surface area (Å²) in [5, 5.41) is 10.7. The van der Waals surface area contributed by atoms with Gasteiger partial charge >= 0.3 is 5.97 Å². The molecule has 1 aliphatic rings. The minimum absolute atomic E-state index is 0.0701. The van der Waals surface area contributed by atoms with E-state index in [0.29, 0.717) is 23.6 Å². The maximum atomic E-state index is 12.5. The SMILES string of the molecule is COc1ccsc1C(=O)N1C[C@H](OC)C[C@@H]1CC(=O)O. The Morgan fingerprint density at radius 1 is 1.50 bits per heavy atom. The van der Waals surface area contributed by atoms with Gasteiger partial charge in [-0.1, -0.05) is 0 Å². The summed E-state index contributed by atoms with van der Waals surface area (Å²) in [6.45, 7) is 0.411. The van der Waals surface area contributed by atoms with Crippen LogP contribution in [0.15, 0.2) is 11.4 Å². The Hall–Kier alpha value is -1.60. The molecule has 1 aliphatic heterocycles. The molecule has 0 bridgehead atoms. The first kappa shape index (κ1) is 14.8. The lowest BCUT2D eigenvalue weighted by atomic mass is 10.1. The number of carboxylic acids is 1. The molecule has 110 valence electrons. The highest BCUT2D eigenvalue weighted by Gasteiger charge is 2.38. The Morgan fingerprint density at radius 2 is 2.25 bits per heavy atom. The number of hydrogen-bond acceptors (Lipinski definition) is 5. The van der Waals surface area contributed by atoms with E-state index in [9.17, 15) is 9.59 Å². The zero-order valence-corrected chi connectivity index (χ0v) is 12.2. The highest BCUT2D eigenvalue weighted by atomic mass is 32.1. The van der Waals surface area contributed by atoms with E-state index in [1.165, 1.54) is 18.4 Å². The zero-order valence-electron chi connectivity index (χ0n) is 11.4. The molecule has 0 spiro atoms. The van der Waals surface area contributed by atoms with E-state index in [-0.39, 0.29) is 24.5 Å². The maximum absolute atomic E-state index is 12.5. The number of carboxylic acid groups (broad SMARTS) is 1. The molecular formula is C13H17NO5S. The molecule has 0 saturated carbocycles. The normalized spacial score (nSPS) is 22.0. The molecule has 1 saturated heterocycles. The van der Waals surface area contributed by atoms with Crippen molar-refractivity contribution < 1.29 is 24.2 Å². The van der Waals surface area contributed by atoms with Crippen LogP contribution in [0.1, 0.15) is 22.5 Å². The summed E-state index contributed by atoms with van der Waals surface area (Å²) in [6.07, 6.45) is 0.357. The average Bonchev–Trinajstić information content (AvgIpc) is 3.03. The first-order chi connectivity index (χ1) is 9.56. The van der Waals surface area contributed by atoms with Gasteiger partial charge in [-0.2, -0.15) is 0 Å². The Morgan fingerprint density at radius 3 is 2.85 bits per heavy atom. The molecule has 1 N–H and O–H groups in total. The Labute approximate surface area is 120 Å². The summed E-state index contributed by atoms with van der Waals surface area (Å²) >= 11 is 1.29. The van der Waals surface area contributed by atoms with Crippen LogP contribution in [-0.2, 0) is 9.53 Å². The molecule has 1 fully saturated rings. The third kappa shape index (κ3) is 2.94. The predicted molar refractivity (Wildman–Crippen MR) is 73.4 cm³/mol. The van der Waals surface area contributed by atoms with Crippen LogP contribution in [0, 0.1) is 0 Å². The van der Waals surface area contributed by atoms with Gasteiger partial charge in [-0.25, -0.2) is 0 Å². The molecular weight excluding hydrogens is 282 g/mol. The summed E-state index contributed by atoms with van der Waals surface area (Å²) in [6, 6.07) is 1.39. The van der Waals surface area contributed by atoms with Gasteiger partial charge in [-0.05, 0) is 17.9 Å². The van der Waals surface area contributed by atoms with Crippen LogP contribution in [0.3, 0.4) is 0 Å². The molecule has 1 aromatic heterocycles. The van der Waals surface area contributed by atoms with Gasteiger partial charge in [0.05, 0.1) is 19.6 Å². The quantitative estimate of drug-likeness (QED) is 0.891. The van der Waals surface area contributed by atoms with Crippen LogP contribution >= 0.6 is 11.3 Å². The van der Waals surface area contributed by atoms with Gasteiger partial charge in [0.25, 0.3) is 5.91 Å². The summed E-state index contributed by atoms with van der Waals surface area (Å²) in [7, 11) is 3.08. The zero-order chi connectivity index (χ0) is 14.7. The Kier molecular flexibility index (Phi) is 4.61. The number of amides is 1. The molecule has 2 rings (SSSR count). The number of methoxy groups -OCH3 is 2. The molecule has 6 nitrogen and oxygen atoms in total. The van der Waals surface area contributed by atoms with E-state index < -0.39 is 5.97 Å². The Balaban J connectivity index is 2.19. The van der Waals surface area contributed by atoms with Gasteiger partial charge in [0.1, 0.15) is 10.6 Å². The van der Waals surface area contributed by atoms with Crippen molar-refractivity contribution in [3.8, 4) is 5.75 Å². The van der Waals surface area contributed by atoms with Crippen molar-refractivity contribution >= 4 is 23.2 Å². The van der Waals surface area contributed by atoms with Gasteiger partial charge in [-0.15, -0.1) is 11.3 Å². The molecule has 1 amide bonds. The van der Waals surface area contributed by atoms with Crippen LogP contribution in [-0.4, -0.2) is 54.8 Å². The highest BCUT2D eigenvalue weighted by Crippen LogP contribution is 2.30. The van der Waals surface area contributed by atoms with Gasteiger partial charge in [0, 0.05) is 19.7 Å². The number of aliphatic carboxylic acids is 1. The lowest BCUT2D eigenvalue weighted by molar-refractivity contribution is -0.137. The predicted octanol–water partition coefficient (Wildman–Crippen LogP) is 1.46. The van der Waals surface area contributed by atoms with Crippen molar-refractivity contribution in [2.75, 3.05) is 20.8 Å². The summed E-state index contributed by atoms with van der Waals surface area (Å²) in [5.74, 6) is -0.583. The van der Waals surface area contributed by atoms with E-state index in [1.54, 1.807) is 23.5 Å². The number of carbonyl (C=O) groups excluding carboxylic acids is 1. The number of rotatable bonds is 5. The first-order valence-corrected chi connectivity index (χ1v) is 7.11. The van der Waals surface area contributed by atoms with Gasteiger partial charge in [0.15, 0.2) is 0 Å². The summed E-state index contributed by atoms with van der Waals surface area (Å²) in [5.41, 5.74) is 0. The van der Waals surface area contributed by atoms with Gasteiger partial charge in [0.2, 0.25) is 0 Å². The average molecular weight is 299 g/mol. The Bertz CT molecular complexity index is 501. The summed E-state index contributed by atoms with van der Waals surface area (Å²) < 4.78 is 10.4. The van der Waals surface area contributed by atoms with Gasteiger partial charge < -0.3 is 19.5 Å². The highest BCUT2D eigenvalue weighted by molar-refractivity contribution is 7.12. The van der Waals surface area contributed by atoms with Crippen molar-refractivity contribution in [3.05, 3.63) is 16.3 Å². The topological polar surface area (TPSA) is 76.1 Å².